The molecule has 1 fully saturated rings. The lowest BCUT2D eigenvalue weighted by Crippen LogP contribution is -2.31. The highest BCUT2D eigenvalue weighted by Crippen LogP contribution is 2.26. The van der Waals surface area contributed by atoms with Crippen LogP contribution in [0, 0.1) is 0 Å². The maximum Gasteiger partial charge on any atom is 0.250 e. The summed E-state index contributed by atoms with van der Waals surface area (Å²) in [6, 6.07) is 5.33. The van der Waals surface area contributed by atoms with Crippen LogP contribution in [0.25, 0.3) is 0 Å². The summed E-state index contributed by atoms with van der Waals surface area (Å²) in [4.78, 5) is 13.6. The molecule has 1 amide bonds. The first kappa shape index (κ1) is 11.3. The number of nitrogens with two attached hydrogens (primary N) is 1. The number of nitrogens with zero attached hydrogens (tertiary/aromatic N) is 1. The minimum absolute atomic E-state index is 0.414. The van der Waals surface area contributed by atoms with Gasteiger partial charge in [0.2, 0.25) is 0 Å². The molecular weight excluding hydrogens is 224 g/mol. The summed E-state index contributed by atoms with van der Waals surface area (Å²) in [7, 11) is 0. The van der Waals surface area contributed by atoms with Gasteiger partial charge in [-0.15, -0.1) is 0 Å². The zero-order valence-electron chi connectivity index (χ0n) is 9.08. The fraction of sp³-hybridized carbons (Fsp3) is 0.417. The van der Waals surface area contributed by atoms with Crippen LogP contribution in [0.2, 0.25) is 5.02 Å². The number of carbonyl (C=O) groups is 1. The van der Waals surface area contributed by atoms with Gasteiger partial charge in [-0.3, -0.25) is 4.79 Å². The van der Waals surface area contributed by atoms with Gasteiger partial charge in [-0.1, -0.05) is 11.6 Å². The molecule has 3 nitrogen and oxygen atoms in total. The number of anilines is 1. The molecule has 1 aromatic carbocycles. The second kappa shape index (κ2) is 4.74. The minimum atomic E-state index is -0.414. The Hall–Kier alpha value is -1.22. The van der Waals surface area contributed by atoms with E-state index < -0.39 is 5.91 Å². The van der Waals surface area contributed by atoms with Gasteiger partial charge >= 0.3 is 0 Å². The molecule has 1 heterocycles. The van der Waals surface area contributed by atoms with Gasteiger partial charge in [0.15, 0.2) is 0 Å². The lowest BCUT2D eigenvalue weighted by Gasteiger charge is -2.30. The molecule has 0 aromatic heterocycles. The van der Waals surface area contributed by atoms with Crippen molar-refractivity contribution >= 4 is 23.2 Å². The molecule has 16 heavy (non-hydrogen) atoms. The second-order valence-corrected chi connectivity index (χ2v) is 4.51. The molecule has 0 saturated carbocycles. The first-order valence-electron chi connectivity index (χ1n) is 5.53. The fourth-order valence-corrected chi connectivity index (χ4v) is 2.29. The first-order valence-corrected chi connectivity index (χ1v) is 5.90. The minimum Gasteiger partial charge on any atom is -0.371 e. The van der Waals surface area contributed by atoms with Crippen molar-refractivity contribution in [2.75, 3.05) is 18.0 Å². The highest BCUT2D eigenvalue weighted by molar-refractivity contribution is 6.31. The van der Waals surface area contributed by atoms with E-state index in [0.717, 1.165) is 18.8 Å². The predicted molar refractivity (Wildman–Crippen MR) is 66.0 cm³/mol. The van der Waals surface area contributed by atoms with Crippen LogP contribution < -0.4 is 10.6 Å². The van der Waals surface area contributed by atoms with Gasteiger partial charge in [0.25, 0.3) is 5.91 Å². The molecule has 1 aliphatic heterocycles. The van der Waals surface area contributed by atoms with E-state index in [1.807, 2.05) is 6.07 Å². The maximum atomic E-state index is 11.4. The van der Waals surface area contributed by atoms with Crippen molar-refractivity contribution in [1.82, 2.24) is 0 Å². The predicted octanol–water partition coefficient (Wildman–Crippen LogP) is 2.43. The average Bonchev–Trinajstić information content (AvgIpc) is 2.30. The number of amides is 1. The number of primary amides is 1. The molecule has 2 N–H and O–H groups in total. The number of halogens is 1. The standard InChI is InChI=1S/C12H15ClN2O/c13-9-4-5-11(10(8-9)12(14)16)15-6-2-1-3-7-15/h4-5,8H,1-3,6-7H2,(H2,14,16). The van der Waals surface area contributed by atoms with Crippen molar-refractivity contribution in [2.45, 2.75) is 19.3 Å². The molecule has 0 unspecified atom stereocenters. The summed E-state index contributed by atoms with van der Waals surface area (Å²) in [6.07, 6.45) is 3.59. The zero-order chi connectivity index (χ0) is 11.5. The van der Waals surface area contributed by atoms with Crippen LogP contribution in [0.15, 0.2) is 18.2 Å². The van der Waals surface area contributed by atoms with E-state index >= 15 is 0 Å². The first-order chi connectivity index (χ1) is 7.68. The maximum absolute atomic E-state index is 11.4. The summed E-state index contributed by atoms with van der Waals surface area (Å²) < 4.78 is 0. The van der Waals surface area contributed by atoms with E-state index in [-0.39, 0.29) is 0 Å². The number of hydrogen-bond acceptors (Lipinski definition) is 2. The molecule has 1 aromatic rings. The summed E-state index contributed by atoms with van der Waals surface area (Å²) in [6.45, 7) is 1.98. The molecule has 0 spiro atoms. The van der Waals surface area contributed by atoms with Crippen LogP contribution in [0.4, 0.5) is 5.69 Å². The van der Waals surface area contributed by atoms with Gasteiger partial charge in [-0.25, -0.2) is 0 Å². The van der Waals surface area contributed by atoms with Crippen LogP contribution in [-0.4, -0.2) is 19.0 Å². The Kier molecular flexibility index (Phi) is 3.34. The molecular formula is C12H15ClN2O. The summed E-state index contributed by atoms with van der Waals surface area (Å²) in [5.74, 6) is -0.414. The van der Waals surface area contributed by atoms with Crippen molar-refractivity contribution in [3.8, 4) is 0 Å². The Morgan fingerprint density at radius 1 is 1.25 bits per heavy atom. The molecule has 86 valence electrons. The monoisotopic (exact) mass is 238 g/mol. The topological polar surface area (TPSA) is 46.3 Å². The van der Waals surface area contributed by atoms with Crippen molar-refractivity contribution in [3.63, 3.8) is 0 Å². The normalized spacial score (nSPS) is 16.2. The lowest BCUT2D eigenvalue weighted by molar-refractivity contribution is 0.100. The van der Waals surface area contributed by atoms with Gasteiger partial charge in [0, 0.05) is 23.8 Å². The molecule has 0 bridgehead atoms. The lowest BCUT2D eigenvalue weighted by atomic mass is 10.1. The van der Waals surface area contributed by atoms with Crippen molar-refractivity contribution in [1.29, 1.82) is 0 Å². The van der Waals surface area contributed by atoms with E-state index in [4.69, 9.17) is 17.3 Å². The third kappa shape index (κ3) is 2.30. The van der Waals surface area contributed by atoms with Crippen LogP contribution in [0.1, 0.15) is 29.6 Å². The molecule has 0 atom stereocenters. The third-order valence-corrected chi connectivity index (χ3v) is 3.16. The number of rotatable bonds is 2. The van der Waals surface area contributed by atoms with E-state index in [0.29, 0.717) is 10.6 Å². The smallest absolute Gasteiger partial charge is 0.250 e. The number of hydrogen-bond donors (Lipinski definition) is 1. The Labute approximate surface area is 100 Å². The van der Waals surface area contributed by atoms with E-state index in [1.54, 1.807) is 12.1 Å². The summed E-state index contributed by atoms with van der Waals surface area (Å²) in [5.41, 5.74) is 6.80. The molecule has 2 rings (SSSR count). The highest BCUT2D eigenvalue weighted by Gasteiger charge is 2.17. The van der Waals surface area contributed by atoms with Gasteiger partial charge in [0.05, 0.1) is 5.56 Å². The highest BCUT2D eigenvalue weighted by atomic mass is 35.5. The second-order valence-electron chi connectivity index (χ2n) is 4.07. The van der Waals surface area contributed by atoms with E-state index in [9.17, 15) is 4.79 Å². The zero-order valence-corrected chi connectivity index (χ0v) is 9.83. The van der Waals surface area contributed by atoms with Crippen molar-refractivity contribution < 1.29 is 4.79 Å². The largest absolute Gasteiger partial charge is 0.371 e. The van der Waals surface area contributed by atoms with Crippen molar-refractivity contribution in [2.24, 2.45) is 5.73 Å². The number of benzene rings is 1. The van der Waals surface area contributed by atoms with Crippen LogP contribution in [-0.2, 0) is 0 Å². The molecule has 0 aliphatic carbocycles. The Morgan fingerprint density at radius 2 is 1.94 bits per heavy atom. The van der Waals surface area contributed by atoms with E-state index in [2.05, 4.69) is 4.90 Å². The molecule has 1 saturated heterocycles. The van der Waals surface area contributed by atoms with Gasteiger partial charge < -0.3 is 10.6 Å². The SMILES string of the molecule is NC(=O)c1cc(Cl)ccc1N1CCCCC1. The van der Waals surface area contributed by atoms with Gasteiger partial charge in [-0.2, -0.15) is 0 Å². The Balaban J connectivity index is 2.34. The van der Waals surface area contributed by atoms with Gasteiger partial charge in [0.1, 0.15) is 0 Å². The van der Waals surface area contributed by atoms with Gasteiger partial charge in [-0.05, 0) is 37.5 Å². The van der Waals surface area contributed by atoms with Crippen LogP contribution in [0.3, 0.4) is 0 Å². The molecule has 0 radical (unpaired) electrons. The quantitative estimate of drug-likeness (QED) is 0.860. The number of carbonyl (C=O) groups excluding carboxylic acids is 1. The number of piperidine rings is 1. The Bertz CT molecular complexity index is 400. The van der Waals surface area contributed by atoms with E-state index in [1.165, 1.54) is 19.3 Å². The van der Waals surface area contributed by atoms with Crippen LogP contribution in [0.5, 0.6) is 0 Å². The molecule has 4 heteroatoms. The third-order valence-electron chi connectivity index (χ3n) is 2.92. The summed E-state index contributed by atoms with van der Waals surface area (Å²) >= 11 is 5.87. The Morgan fingerprint density at radius 3 is 2.56 bits per heavy atom. The van der Waals surface area contributed by atoms with Crippen LogP contribution >= 0.6 is 11.6 Å². The molecule has 1 aliphatic rings. The fourth-order valence-electron chi connectivity index (χ4n) is 2.12. The summed E-state index contributed by atoms with van der Waals surface area (Å²) in [5, 5.41) is 0.551. The van der Waals surface area contributed by atoms with Crippen molar-refractivity contribution in [3.05, 3.63) is 28.8 Å². The average molecular weight is 239 g/mol.